The number of furan rings is 1. The SMILES string of the molecule is C1=CCCC(c2nc(-c3ccc(-c4ccccc4)cc3)nc(-c3cc(-c4ccc(-c5ccccc5)cc4)c4oc5c6ccccc6ccc5c4c3)n2)=C1. The summed E-state index contributed by atoms with van der Waals surface area (Å²) in [5.41, 5.74) is 11.4. The molecule has 0 saturated heterocycles. The van der Waals surface area contributed by atoms with Crippen molar-refractivity contribution >= 4 is 38.3 Å². The molecule has 9 aromatic rings. The summed E-state index contributed by atoms with van der Waals surface area (Å²) in [6.45, 7) is 0. The molecule has 0 fully saturated rings. The van der Waals surface area contributed by atoms with Crippen LogP contribution in [0.3, 0.4) is 0 Å². The van der Waals surface area contributed by atoms with Crippen molar-refractivity contribution in [2.24, 2.45) is 0 Å². The van der Waals surface area contributed by atoms with Gasteiger partial charge in [0.05, 0.1) is 0 Å². The lowest BCUT2D eigenvalue weighted by Crippen LogP contribution is -2.04. The maximum Gasteiger partial charge on any atom is 0.164 e. The number of hydrogen-bond acceptors (Lipinski definition) is 4. The van der Waals surface area contributed by atoms with Crippen LogP contribution < -0.4 is 0 Å². The molecule has 0 aliphatic heterocycles. The first-order chi connectivity index (χ1) is 26.2. The zero-order valence-corrected chi connectivity index (χ0v) is 28.9. The van der Waals surface area contributed by atoms with Gasteiger partial charge < -0.3 is 4.42 Å². The van der Waals surface area contributed by atoms with E-state index in [1.165, 1.54) is 11.1 Å². The molecule has 10 rings (SSSR count). The van der Waals surface area contributed by atoms with Crippen LogP contribution in [-0.4, -0.2) is 15.0 Å². The lowest BCUT2D eigenvalue weighted by molar-refractivity contribution is 0.674. The molecule has 0 atom stereocenters. The van der Waals surface area contributed by atoms with Crippen LogP contribution in [0.25, 0.3) is 94.4 Å². The highest BCUT2D eigenvalue weighted by Crippen LogP contribution is 2.42. The number of fused-ring (bicyclic) bond motifs is 5. The average molecular weight is 680 g/mol. The van der Waals surface area contributed by atoms with Gasteiger partial charge in [-0.15, -0.1) is 0 Å². The molecule has 2 heterocycles. The van der Waals surface area contributed by atoms with Gasteiger partial charge in [0.1, 0.15) is 11.2 Å². The highest BCUT2D eigenvalue weighted by molar-refractivity contribution is 6.18. The highest BCUT2D eigenvalue weighted by Gasteiger charge is 2.20. The summed E-state index contributed by atoms with van der Waals surface area (Å²) in [7, 11) is 0. The molecule has 7 aromatic carbocycles. The van der Waals surface area contributed by atoms with Crippen molar-refractivity contribution in [3.63, 3.8) is 0 Å². The summed E-state index contributed by atoms with van der Waals surface area (Å²) in [6.07, 6.45) is 8.25. The fourth-order valence-corrected chi connectivity index (χ4v) is 7.43. The molecule has 4 heteroatoms. The lowest BCUT2D eigenvalue weighted by atomic mass is 9.96. The van der Waals surface area contributed by atoms with Gasteiger partial charge in [-0.05, 0) is 69.8 Å². The molecule has 1 aliphatic rings. The largest absolute Gasteiger partial charge is 0.455 e. The standard InChI is InChI=1S/C49H33N3O/c1-4-12-32(13-5-1)34-20-24-37(25-21-34)43-30-40(31-44-42-29-28-36-16-10-11-19-41(36)45(42)53-46(43)44)49-51-47(38-17-8-3-9-18-38)50-48(52-49)39-26-22-35(23-27-39)33-14-6-2-7-15-33/h1-8,10-17,19-31H,9,18H2. The third-order valence-electron chi connectivity index (χ3n) is 10.2. The summed E-state index contributed by atoms with van der Waals surface area (Å²) in [4.78, 5) is 15.4. The molecule has 0 N–H and O–H groups in total. The number of benzene rings is 7. The van der Waals surface area contributed by atoms with Crippen LogP contribution in [0.5, 0.6) is 0 Å². The molecule has 0 amide bonds. The third-order valence-corrected chi connectivity index (χ3v) is 10.2. The minimum absolute atomic E-state index is 0.631. The van der Waals surface area contributed by atoms with Gasteiger partial charge in [-0.2, -0.15) is 0 Å². The first kappa shape index (κ1) is 30.9. The van der Waals surface area contributed by atoms with Crippen LogP contribution in [0.4, 0.5) is 0 Å². The van der Waals surface area contributed by atoms with Crippen molar-refractivity contribution in [1.82, 2.24) is 15.0 Å². The van der Waals surface area contributed by atoms with Crippen LogP contribution in [0, 0.1) is 0 Å². The molecule has 1 aliphatic carbocycles. The predicted molar refractivity (Wildman–Crippen MR) is 218 cm³/mol. The van der Waals surface area contributed by atoms with E-state index in [9.17, 15) is 0 Å². The second kappa shape index (κ2) is 13.0. The molecular weight excluding hydrogens is 647 g/mol. The smallest absolute Gasteiger partial charge is 0.164 e. The fourth-order valence-electron chi connectivity index (χ4n) is 7.43. The van der Waals surface area contributed by atoms with Crippen LogP contribution >= 0.6 is 0 Å². The second-order valence-electron chi connectivity index (χ2n) is 13.5. The number of hydrogen-bond donors (Lipinski definition) is 0. The third kappa shape index (κ3) is 5.71. The van der Waals surface area contributed by atoms with Crippen molar-refractivity contribution in [2.45, 2.75) is 12.8 Å². The van der Waals surface area contributed by atoms with Gasteiger partial charge in [0, 0.05) is 32.8 Å². The maximum absolute atomic E-state index is 6.85. The Kier molecular flexibility index (Phi) is 7.58. The van der Waals surface area contributed by atoms with Crippen LogP contribution in [0.2, 0.25) is 0 Å². The Balaban J connectivity index is 1.18. The number of aromatic nitrogens is 3. The van der Waals surface area contributed by atoms with Gasteiger partial charge in [-0.1, -0.05) is 158 Å². The Morgan fingerprint density at radius 2 is 1.00 bits per heavy atom. The van der Waals surface area contributed by atoms with Crippen LogP contribution in [-0.2, 0) is 0 Å². The minimum Gasteiger partial charge on any atom is -0.455 e. The van der Waals surface area contributed by atoms with Crippen molar-refractivity contribution in [2.75, 3.05) is 0 Å². The number of nitrogens with zero attached hydrogens (tertiary/aromatic N) is 3. The molecule has 250 valence electrons. The van der Waals surface area contributed by atoms with E-state index in [-0.39, 0.29) is 0 Å². The summed E-state index contributed by atoms with van der Waals surface area (Å²) in [5.74, 6) is 1.99. The first-order valence-corrected chi connectivity index (χ1v) is 18.1. The molecule has 53 heavy (non-hydrogen) atoms. The quantitative estimate of drug-likeness (QED) is 0.175. The summed E-state index contributed by atoms with van der Waals surface area (Å²) in [6, 6.07) is 55.2. The van der Waals surface area contributed by atoms with Gasteiger partial charge in [0.15, 0.2) is 17.5 Å². The van der Waals surface area contributed by atoms with E-state index >= 15 is 0 Å². The Morgan fingerprint density at radius 1 is 0.415 bits per heavy atom. The Morgan fingerprint density at radius 3 is 1.68 bits per heavy atom. The Bertz CT molecular complexity index is 2850. The molecule has 2 aromatic heterocycles. The summed E-state index contributed by atoms with van der Waals surface area (Å²) >= 11 is 0. The highest BCUT2D eigenvalue weighted by atomic mass is 16.3. The number of allylic oxidation sites excluding steroid dienone is 4. The molecule has 0 radical (unpaired) electrons. The van der Waals surface area contributed by atoms with E-state index in [2.05, 4.69) is 164 Å². The summed E-state index contributed by atoms with van der Waals surface area (Å²) in [5, 5.41) is 4.33. The average Bonchev–Trinajstić information content (AvgIpc) is 3.64. The molecule has 0 spiro atoms. The van der Waals surface area contributed by atoms with Gasteiger partial charge in [-0.3, -0.25) is 0 Å². The van der Waals surface area contributed by atoms with Gasteiger partial charge >= 0.3 is 0 Å². The minimum atomic E-state index is 0.631. The van der Waals surface area contributed by atoms with Crippen LogP contribution in [0.1, 0.15) is 18.7 Å². The molecule has 0 unspecified atom stereocenters. The fraction of sp³-hybridized carbons (Fsp3) is 0.0408. The predicted octanol–water partition coefficient (Wildman–Crippen LogP) is 13.0. The van der Waals surface area contributed by atoms with Crippen molar-refractivity contribution < 1.29 is 4.42 Å². The first-order valence-electron chi connectivity index (χ1n) is 18.1. The second-order valence-corrected chi connectivity index (χ2v) is 13.5. The maximum atomic E-state index is 6.85. The molecule has 4 nitrogen and oxygen atoms in total. The van der Waals surface area contributed by atoms with Gasteiger partial charge in [-0.25, -0.2) is 15.0 Å². The lowest BCUT2D eigenvalue weighted by Gasteiger charge is -2.13. The molecule has 0 bridgehead atoms. The molecular formula is C49H33N3O. The zero-order chi connectivity index (χ0) is 35.1. The van der Waals surface area contributed by atoms with E-state index in [1.54, 1.807) is 0 Å². The van der Waals surface area contributed by atoms with Crippen molar-refractivity contribution in [3.8, 4) is 56.2 Å². The Hall–Kier alpha value is -6.91. The molecule has 0 saturated carbocycles. The van der Waals surface area contributed by atoms with Crippen molar-refractivity contribution in [1.29, 1.82) is 0 Å². The van der Waals surface area contributed by atoms with E-state index < -0.39 is 0 Å². The van der Waals surface area contributed by atoms with E-state index in [0.717, 1.165) is 84.5 Å². The van der Waals surface area contributed by atoms with E-state index in [0.29, 0.717) is 17.5 Å². The topological polar surface area (TPSA) is 51.8 Å². The van der Waals surface area contributed by atoms with E-state index in [1.807, 2.05) is 12.1 Å². The normalized spacial score (nSPS) is 12.8. The number of rotatable bonds is 6. The Labute approximate surface area is 307 Å². The monoisotopic (exact) mass is 679 g/mol. The zero-order valence-electron chi connectivity index (χ0n) is 28.9. The van der Waals surface area contributed by atoms with Crippen molar-refractivity contribution in [3.05, 3.63) is 182 Å². The van der Waals surface area contributed by atoms with Gasteiger partial charge in [0.2, 0.25) is 0 Å². The van der Waals surface area contributed by atoms with Gasteiger partial charge in [0.25, 0.3) is 0 Å². The van der Waals surface area contributed by atoms with E-state index in [4.69, 9.17) is 19.4 Å². The van der Waals surface area contributed by atoms with Crippen LogP contribution in [0.15, 0.2) is 180 Å². The summed E-state index contributed by atoms with van der Waals surface area (Å²) < 4.78 is 6.85.